The van der Waals surface area contributed by atoms with Crippen LogP contribution in [0.1, 0.15) is 52.4 Å². The lowest BCUT2D eigenvalue weighted by molar-refractivity contribution is 0.310. The number of aromatic nitrogens is 4. The van der Waals surface area contributed by atoms with Gasteiger partial charge < -0.3 is 19.3 Å². The van der Waals surface area contributed by atoms with E-state index in [0.717, 1.165) is 74.5 Å². The number of rotatable bonds is 6. The molecule has 0 aromatic carbocycles. The molecule has 2 aromatic rings. The van der Waals surface area contributed by atoms with Gasteiger partial charge in [0.2, 0.25) is 0 Å². The summed E-state index contributed by atoms with van der Waals surface area (Å²) in [5.74, 6) is 1.68. The van der Waals surface area contributed by atoms with E-state index in [1.165, 1.54) is 12.8 Å². The van der Waals surface area contributed by atoms with E-state index in [-0.39, 0.29) is 0 Å². The first kappa shape index (κ1) is 19.0. The SMILES string of the molecule is CCOc1nc(N2CCCCC2)c2nc(OCC)nc(N3CCCCC3)c2n1. The van der Waals surface area contributed by atoms with Gasteiger partial charge in [0, 0.05) is 26.2 Å². The summed E-state index contributed by atoms with van der Waals surface area (Å²) in [5, 5.41) is 0. The number of piperidine rings is 2. The molecule has 2 fully saturated rings. The normalized spacial score (nSPS) is 17.8. The molecule has 8 heteroatoms. The number of hydrogen-bond acceptors (Lipinski definition) is 8. The third kappa shape index (κ3) is 3.91. The van der Waals surface area contributed by atoms with Crippen LogP contribution in [0.3, 0.4) is 0 Å². The molecule has 2 aromatic heterocycles. The molecule has 0 spiro atoms. The predicted molar refractivity (Wildman–Crippen MR) is 110 cm³/mol. The van der Waals surface area contributed by atoms with Crippen molar-refractivity contribution in [2.75, 3.05) is 49.2 Å². The maximum atomic E-state index is 5.71. The van der Waals surface area contributed by atoms with E-state index in [0.29, 0.717) is 25.2 Å². The third-order valence-corrected chi connectivity index (χ3v) is 5.32. The first-order chi connectivity index (χ1) is 13.8. The van der Waals surface area contributed by atoms with Crippen molar-refractivity contribution in [2.45, 2.75) is 52.4 Å². The van der Waals surface area contributed by atoms with Crippen molar-refractivity contribution in [1.82, 2.24) is 19.9 Å². The smallest absolute Gasteiger partial charge is 0.319 e. The molecule has 0 unspecified atom stereocenters. The van der Waals surface area contributed by atoms with E-state index in [1.807, 2.05) is 13.8 Å². The fourth-order valence-corrected chi connectivity index (χ4v) is 3.99. The van der Waals surface area contributed by atoms with Crippen LogP contribution in [0.25, 0.3) is 11.0 Å². The largest absolute Gasteiger partial charge is 0.464 e. The molecule has 0 radical (unpaired) electrons. The lowest BCUT2D eigenvalue weighted by Gasteiger charge is -2.30. The van der Waals surface area contributed by atoms with Crippen LogP contribution in [0, 0.1) is 0 Å². The van der Waals surface area contributed by atoms with Crippen LogP contribution < -0.4 is 19.3 Å². The van der Waals surface area contributed by atoms with E-state index in [1.54, 1.807) is 0 Å². The minimum atomic E-state index is 0.404. The Morgan fingerprint density at radius 2 is 1.00 bits per heavy atom. The lowest BCUT2D eigenvalue weighted by Crippen LogP contribution is -2.32. The van der Waals surface area contributed by atoms with E-state index in [9.17, 15) is 0 Å². The van der Waals surface area contributed by atoms with Crippen molar-refractivity contribution >= 4 is 22.7 Å². The Morgan fingerprint density at radius 3 is 1.36 bits per heavy atom. The van der Waals surface area contributed by atoms with Crippen LogP contribution in [0.15, 0.2) is 0 Å². The lowest BCUT2D eigenvalue weighted by atomic mass is 10.1. The van der Waals surface area contributed by atoms with Gasteiger partial charge in [-0.25, -0.2) is 0 Å². The molecule has 2 aliphatic heterocycles. The number of nitrogens with zero attached hydrogens (tertiary/aromatic N) is 6. The molecule has 0 N–H and O–H groups in total. The highest BCUT2D eigenvalue weighted by molar-refractivity contribution is 5.93. The van der Waals surface area contributed by atoms with Gasteiger partial charge >= 0.3 is 12.0 Å². The molecule has 0 atom stereocenters. The zero-order valence-corrected chi connectivity index (χ0v) is 17.0. The van der Waals surface area contributed by atoms with Gasteiger partial charge in [0.25, 0.3) is 0 Å². The number of anilines is 2. The molecule has 28 heavy (non-hydrogen) atoms. The fourth-order valence-electron chi connectivity index (χ4n) is 3.99. The summed E-state index contributed by atoms with van der Waals surface area (Å²) in [6.07, 6.45) is 7.18. The van der Waals surface area contributed by atoms with E-state index >= 15 is 0 Å². The van der Waals surface area contributed by atoms with Gasteiger partial charge in [-0.2, -0.15) is 19.9 Å². The van der Waals surface area contributed by atoms with Gasteiger partial charge in [-0.1, -0.05) is 0 Å². The first-order valence-electron chi connectivity index (χ1n) is 10.7. The highest BCUT2D eigenvalue weighted by atomic mass is 16.5. The van der Waals surface area contributed by atoms with E-state index in [4.69, 9.17) is 29.4 Å². The van der Waals surface area contributed by atoms with Gasteiger partial charge in [-0.05, 0) is 52.4 Å². The minimum absolute atomic E-state index is 0.404. The van der Waals surface area contributed by atoms with Crippen LogP contribution >= 0.6 is 0 Å². The maximum absolute atomic E-state index is 5.71. The Kier molecular flexibility index (Phi) is 5.92. The monoisotopic (exact) mass is 386 g/mol. The van der Waals surface area contributed by atoms with Gasteiger partial charge in [-0.3, -0.25) is 0 Å². The third-order valence-electron chi connectivity index (χ3n) is 5.32. The van der Waals surface area contributed by atoms with Crippen molar-refractivity contribution in [3.05, 3.63) is 0 Å². The quantitative estimate of drug-likeness (QED) is 0.749. The van der Waals surface area contributed by atoms with Gasteiger partial charge in [0.1, 0.15) is 11.0 Å². The number of fused-ring (bicyclic) bond motifs is 1. The number of ether oxygens (including phenoxy) is 2. The van der Waals surface area contributed by atoms with Crippen LogP contribution in [-0.2, 0) is 0 Å². The molecular formula is C20H30N6O2. The Morgan fingerprint density at radius 1 is 0.607 bits per heavy atom. The van der Waals surface area contributed by atoms with Crippen molar-refractivity contribution in [1.29, 1.82) is 0 Å². The summed E-state index contributed by atoms with van der Waals surface area (Å²) in [6, 6.07) is 0.809. The molecule has 4 rings (SSSR count). The second-order valence-electron chi connectivity index (χ2n) is 7.32. The van der Waals surface area contributed by atoms with E-state index < -0.39 is 0 Å². The summed E-state index contributed by atoms with van der Waals surface area (Å²) in [5.41, 5.74) is 1.54. The highest BCUT2D eigenvalue weighted by Crippen LogP contribution is 2.34. The van der Waals surface area contributed by atoms with Crippen molar-refractivity contribution in [2.24, 2.45) is 0 Å². The van der Waals surface area contributed by atoms with Crippen molar-refractivity contribution in [3.63, 3.8) is 0 Å². The molecule has 0 saturated carbocycles. The average molecular weight is 387 g/mol. The van der Waals surface area contributed by atoms with Crippen LogP contribution in [0.5, 0.6) is 12.0 Å². The molecule has 152 valence electrons. The van der Waals surface area contributed by atoms with Crippen molar-refractivity contribution < 1.29 is 9.47 Å². The van der Waals surface area contributed by atoms with Crippen LogP contribution in [0.2, 0.25) is 0 Å². The molecular weight excluding hydrogens is 356 g/mol. The summed E-state index contributed by atoms with van der Waals surface area (Å²) >= 11 is 0. The maximum Gasteiger partial charge on any atom is 0.319 e. The van der Waals surface area contributed by atoms with Gasteiger partial charge in [-0.15, -0.1) is 0 Å². The molecule has 4 heterocycles. The second-order valence-corrected chi connectivity index (χ2v) is 7.32. The molecule has 2 aliphatic rings. The molecule has 2 saturated heterocycles. The summed E-state index contributed by atoms with van der Waals surface area (Å²) < 4.78 is 11.4. The predicted octanol–water partition coefficient (Wildman–Crippen LogP) is 3.20. The Bertz CT molecular complexity index is 736. The highest BCUT2D eigenvalue weighted by Gasteiger charge is 2.25. The first-order valence-corrected chi connectivity index (χ1v) is 10.7. The zero-order chi connectivity index (χ0) is 19.3. The molecule has 0 amide bonds. The zero-order valence-electron chi connectivity index (χ0n) is 17.0. The summed E-state index contributed by atoms with van der Waals surface area (Å²) in [6.45, 7) is 8.87. The minimum Gasteiger partial charge on any atom is -0.464 e. The van der Waals surface area contributed by atoms with Crippen LogP contribution in [-0.4, -0.2) is 59.3 Å². The second kappa shape index (κ2) is 8.75. The van der Waals surface area contributed by atoms with Gasteiger partial charge in [0.05, 0.1) is 13.2 Å². The number of hydrogen-bond donors (Lipinski definition) is 0. The Labute approximate surface area is 166 Å². The Balaban J connectivity index is 1.89. The van der Waals surface area contributed by atoms with Gasteiger partial charge in [0.15, 0.2) is 11.6 Å². The van der Waals surface area contributed by atoms with Crippen LogP contribution in [0.4, 0.5) is 11.6 Å². The average Bonchev–Trinajstić information content (AvgIpc) is 2.75. The topological polar surface area (TPSA) is 76.5 Å². The summed E-state index contributed by atoms with van der Waals surface area (Å²) in [7, 11) is 0. The molecule has 8 nitrogen and oxygen atoms in total. The molecule has 0 bridgehead atoms. The van der Waals surface area contributed by atoms with E-state index in [2.05, 4.69) is 9.80 Å². The fraction of sp³-hybridized carbons (Fsp3) is 0.700. The summed E-state index contributed by atoms with van der Waals surface area (Å²) in [4.78, 5) is 23.5. The standard InChI is InChI=1S/C20H30N6O2/c1-3-27-19-21-15-16(17(23-19)25-11-7-5-8-12-25)22-20(28-4-2)24-18(15)26-13-9-6-10-14-26/h3-14H2,1-2H3. The molecule has 0 aliphatic carbocycles. The Hall–Kier alpha value is -2.38. The van der Waals surface area contributed by atoms with Crippen molar-refractivity contribution in [3.8, 4) is 12.0 Å².